The highest BCUT2D eigenvalue weighted by Crippen LogP contribution is 2.40. The van der Waals surface area contributed by atoms with Crippen LogP contribution in [0.15, 0.2) is 54.7 Å². The maximum Gasteiger partial charge on any atom is 0.321 e. The molecule has 3 heterocycles. The Kier molecular flexibility index (Phi) is 9.27. The zero-order valence-corrected chi connectivity index (χ0v) is 22.7. The number of hydrogen-bond donors (Lipinski definition) is 3. The summed E-state index contributed by atoms with van der Waals surface area (Å²) in [4.78, 5) is 23.4. The molecule has 0 atom stereocenters. The smallest absolute Gasteiger partial charge is 0.321 e. The van der Waals surface area contributed by atoms with E-state index >= 15 is 4.39 Å². The number of amides is 2. The second-order valence-corrected chi connectivity index (χ2v) is 10.3. The molecule has 2 aromatic carbocycles. The van der Waals surface area contributed by atoms with E-state index in [1.54, 1.807) is 6.20 Å². The molecule has 0 aliphatic carbocycles. The normalized spacial score (nSPS) is 14.3. The number of nitrogens with one attached hydrogen (secondary N) is 2. The fourth-order valence-electron chi connectivity index (χ4n) is 4.71. The first-order chi connectivity index (χ1) is 18.1. The molecule has 38 heavy (non-hydrogen) atoms. The number of fused-ring (bicyclic) bond motifs is 1. The Labute approximate surface area is 231 Å². The van der Waals surface area contributed by atoms with Crippen molar-refractivity contribution in [1.29, 1.82) is 0 Å². The van der Waals surface area contributed by atoms with Gasteiger partial charge in [0.2, 0.25) is 0 Å². The molecule has 0 radical (unpaired) electrons. The highest BCUT2D eigenvalue weighted by atomic mass is 35.5. The predicted octanol–water partition coefficient (Wildman–Crippen LogP) is 5.93. The van der Waals surface area contributed by atoms with Crippen molar-refractivity contribution in [3.63, 3.8) is 0 Å². The Hall–Kier alpha value is -3.11. The minimum absolute atomic E-state index is 0. The molecule has 1 saturated heterocycles. The van der Waals surface area contributed by atoms with Crippen molar-refractivity contribution in [2.75, 3.05) is 31.6 Å². The molecule has 4 aromatic rings. The molecule has 0 spiro atoms. The molecule has 1 aliphatic heterocycles. The number of benzene rings is 2. The van der Waals surface area contributed by atoms with Crippen LogP contribution in [0.2, 0.25) is 0 Å². The Bertz CT molecular complexity index is 1380. The Morgan fingerprint density at radius 3 is 2.58 bits per heavy atom. The largest absolute Gasteiger partial charge is 0.396 e. The van der Waals surface area contributed by atoms with Crippen LogP contribution in [0.25, 0.3) is 32.6 Å². The van der Waals surface area contributed by atoms with Crippen molar-refractivity contribution in [2.24, 2.45) is 5.92 Å². The van der Waals surface area contributed by atoms with E-state index in [1.807, 2.05) is 55.5 Å². The van der Waals surface area contributed by atoms with Gasteiger partial charge in [-0.1, -0.05) is 41.7 Å². The van der Waals surface area contributed by atoms with Gasteiger partial charge in [0.05, 0.1) is 10.4 Å². The monoisotopic (exact) mass is 555 g/mol. The summed E-state index contributed by atoms with van der Waals surface area (Å²) in [7, 11) is 0. The van der Waals surface area contributed by atoms with E-state index in [1.165, 1.54) is 16.9 Å². The Balaban J connectivity index is 0.00000336. The molecule has 1 fully saturated rings. The fraction of sp³-hybridized carbons (Fsp3) is 0.321. The van der Waals surface area contributed by atoms with Gasteiger partial charge in [-0.2, -0.15) is 0 Å². The van der Waals surface area contributed by atoms with E-state index in [2.05, 4.69) is 25.5 Å². The Morgan fingerprint density at radius 2 is 1.92 bits per heavy atom. The fourth-order valence-corrected chi connectivity index (χ4v) is 5.68. The zero-order valence-electron chi connectivity index (χ0n) is 21.1. The van der Waals surface area contributed by atoms with Crippen LogP contribution < -0.4 is 10.6 Å². The first kappa shape index (κ1) is 27.9. The first-order valence-corrected chi connectivity index (χ1v) is 13.4. The summed E-state index contributed by atoms with van der Waals surface area (Å²) in [5, 5.41) is 15.1. The highest BCUT2D eigenvalue weighted by molar-refractivity contribution is 7.22. The summed E-state index contributed by atoms with van der Waals surface area (Å²) >= 11 is 1.23. The number of pyridine rings is 1. The number of thiazole rings is 1. The number of carbonyl (C=O) groups excluding carboxylic acids is 1. The van der Waals surface area contributed by atoms with Crippen molar-refractivity contribution >= 4 is 45.1 Å². The lowest BCUT2D eigenvalue weighted by Gasteiger charge is -2.31. The molecular formula is C28H31ClFN5O2S. The molecule has 1 aliphatic rings. The molecule has 0 bridgehead atoms. The summed E-state index contributed by atoms with van der Waals surface area (Å²) in [5.41, 5.74) is 4.06. The molecular weight excluding hydrogens is 525 g/mol. The lowest BCUT2D eigenvalue weighted by molar-refractivity contribution is 0.127. The van der Waals surface area contributed by atoms with Gasteiger partial charge < -0.3 is 10.4 Å². The van der Waals surface area contributed by atoms with Crippen LogP contribution in [-0.2, 0) is 6.54 Å². The van der Waals surface area contributed by atoms with E-state index in [0.29, 0.717) is 33.6 Å². The SMILES string of the molecule is CCNC(=O)Nc1nc2c(F)c(-c3ccc(CN4CCC(CO)CC4)cc3)cc(-c3ccccn3)c2s1.Cl. The van der Waals surface area contributed by atoms with Gasteiger partial charge in [0.25, 0.3) is 0 Å². The van der Waals surface area contributed by atoms with Gasteiger partial charge in [-0.15, -0.1) is 12.4 Å². The summed E-state index contributed by atoms with van der Waals surface area (Å²) in [5.74, 6) is -0.0130. The summed E-state index contributed by atoms with van der Waals surface area (Å²) in [6, 6.07) is 15.0. The number of rotatable bonds is 7. The topological polar surface area (TPSA) is 90.4 Å². The second-order valence-electron chi connectivity index (χ2n) is 9.28. The minimum atomic E-state index is -0.422. The molecule has 2 aromatic heterocycles. The van der Waals surface area contributed by atoms with Gasteiger partial charge in [0.15, 0.2) is 10.9 Å². The molecule has 0 unspecified atom stereocenters. The Morgan fingerprint density at radius 1 is 1.16 bits per heavy atom. The molecule has 200 valence electrons. The van der Waals surface area contributed by atoms with Gasteiger partial charge >= 0.3 is 6.03 Å². The number of nitrogens with zero attached hydrogens (tertiary/aromatic N) is 3. The van der Waals surface area contributed by atoms with Crippen molar-refractivity contribution < 1.29 is 14.3 Å². The summed E-state index contributed by atoms with van der Waals surface area (Å²) in [6.07, 6.45) is 3.73. The van der Waals surface area contributed by atoms with Gasteiger partial charge in [0, 0.05) is 37.0 Å². The van der Waals surface area contributed by atoms with E-state index in [4.69, 9.17) is 0 Å². The first-order valence-electron chi connectivity index (χ1n) is 12.6. The molecule has 0 saturated carbocycles. The maximum atomic E-state index is 15.9. The second kappa shape index (κ2) is 12.6. The maximum absolute atomic E-state index is 15.9. The van der Waals surface area contributed by atoms with Crippen molar-refractivity contribution in [3.05, 3.63) is 66.1 Å². The third-order valence-electron chi connectivity index (χ3n) is 6.74. The zero-order chi connectivity index (χ0) is 25.8. The van der Waals surface area contributed by atoms with Crippen molar-refractivity contribution in [2.45, 2.75) is 26.3 Å². The number of urea groups is 1. The third-order valence-corrected chi connectivity index (χ3v) is 7.74. The number of aliphatic hydroxyl groups excluding tert-OH is 1. The number of aromatic nitrogens is 2. The number of halogens is 2. The van der Waals surface area contributed by atoms with Gasteiger partial charge in [-0.05, 0) is 68.1 Å². The standard InChI is InChI=1S/C28H30FN5O2S.ClH/c1-2-30-27(36)33-28-32-25-24(29)21(15-22(26(25)37-28)23-5-3-4-12-31-23)20-8-6-18(7-9-20)16-34-13-10-19(17-35)11-14-34;/h3-9,12,15,19,35H,2,10-11,13-14,16-17H2,1H3,(H2,30,32,33,36);1H. The minimum Gasteiger partial charge on any atom is -0.396 e. The van der Waals surface area contributed by atoms with Crippen LogP contribution >= 0.6 is 23.7 Å². The van der Waals surface area contributed by atoms with Crippen LogP contribution in [0.3, 0.4) is 0 Å². The van der Waals surface area contributed by atoms with Crippen LogP contribution in [0.4, 0.5) is 14.3 Å². The summed E-state index contributed by atoms with van der Waals surface area (Å²) in [6.45, 7) is 5.35. The number of hydrogen-bond acceptors (Lipinski definition) is 6. The molecule has 2 amide bonds. The number of carbonyl (C=O) groups is 1. The summed E-state index contributed by atoms with van der Waals surface area (Å²) < 4.78 is 16.5. The van der Waals surface area contributed by atoms with Crippen LogP contribution in [0.5, 0.6) is 0 Å². The number of piperidine rings is 1. The van der Waals surface area contributed by atoms with Crippen LogP contribution in [0, 0.1) is 11.7 Å². The molecule has 5 rings (SSSR count). The number of aliphatic hydroxyl groups is 1. The van der Waals surface area contributed by atoms with E-state index in [9.17, 15) is 9.90 Å². The highest BCUT2D eigenvalue weighted by Gasteiger charge is 2.21. The molecule has 3 N–H and O–H groups in total. The number of likely N-dealkylation sites (tertiary alicyclic amines) is 1. The van der Waals surface area contributed by atoms with Gasteiger partial charge in [0.1, 0.15) is 5.52 Å². The lowest BCUT2D eigenvalue weighted by atomic mass is 9.97. The van der Waals surface area contributed by atoms with E-state index in [0.717, 1.165) is 43.6 Å². The third kappa shape index (κ3) is 6.13. The van der Waals surface area contributed by atoms with E-state index in [-0.39, 0.29) is 30.6 Å². The molecule has 7 nitrogen and oxygen atoms in total. The molecule has 10 heteroatoms. The van der Waals surface area contributed by atoms with Crippen LogP contribution in [0.1, 0.15) is 25.3 Å². The van der Waals surface area contributed by atoms with Crippen molar-refractivity contribution in [3.8, 4) is 22.4 Å². The lowest BCUT2D eigenvalue weighted by Crippen LogP contribution is -2.34. The van der Waals surface area contributed by atoms with Gasteiger partial charge in [-0.3, -0.25) is 15.2 Å². The van der Waals surface area contributed by atoms with Crippen molar-refractivity contribution in [1.82, 2.24) is 20.2 Å². The number of anilines is 1. The quantitative estimate of drug-likeness (QED) is 0.263. The average Bonchev–Trinajstić information content (AvgIpc) is 3.34. The predicted molar refractivity (Wildman–Crippen MR) is 153 cm³/mol. The van der Waals surface area contributed by atoms with Crippen LogP contribution in [-0.4, -0.2) is 52.2 Å². The van der Waals surface area contributed by atoms with E-state index < -0.39 is 5.82 Å². The average molecular weight is 556 g/mol. The van der Waals surface area contributed by atoms with Gasteiger partial charge in [-0.25, -0.2) is 14.2 Å².